The number of pyridine rings is 1. The van der Waals surface area contributed by atoms with Crippen LogP contribution in [0.4, 0.5) is 0 Å². The Morgan fingerprint density at radius 3 is 2.67 bits per heavy atom. The molecule has 2 atom stereocenters. The second-order valence-corrected chi connectivity index (χ2v) is 8.37. The molecule has 0 radical (unpaired) electrons. The molecule has 154 valence electrons. The van der Waals surface area contributed by atoms with Gasteiger partial charge >= 0.3 is 0 Å². The molecule has 3 aromatic rings. The maximum absolute atomic E-state index is 13.2. The van der Waals surface area contributed by atoms with Crippen LogP contribution in [0, 0.1) is 12.8 Å². The van der Waals surface area contributed by atoms with Crippen LogP contribution < -0.4 is 5.56 Å². The minimum Gasteiger partial charge on any atom is -0.435 e. The molecule has 2 aromatic heterocycles. The van der Waals surface area contributed by atoms with Crippen LogP contribution in [0.2, 0.25) is 0 Å². The van der Waals surface area contributed by atoms with Crippen molar-refractivity contribution in [2.24, 2.45) is 5.92 Å². The number of aryl methyl sites for hydroxylation is 2. The van der Waals surface area contributed by atoms with Gasteiger partial charge < -0.3 is 13.9 Å². The molecular formula is C24H25N3O3. The predicted molar refractivity (Wildman–Crippen MR) is 114 cm³/mol. The van der Waals surface area contributed by atoms with Crippen molar-refractivity contribution >= 4 is 5.91 Å². The number of amides is 1. The van der Waals surface area contributed by atoms with Crippen molar-refractivity contribution in [2.75, 3.05) is 13.1 Å². The normalized spacial score (nSPS) is 20.1. The summed E-state index contributed by atoms with van der Waals surface area (Å²) in [6.45, 7) is 5.67. The summed E-state index contributed by atoms with van der Waals surface area (Å²) in [5.41, 5.74) is 3.69. The number of hydrogen-bond acceptors (Lipinski definition) is 4. The summed E-state index contributed by atoms with van der Waals surface area (Å²) in [6.07, 6.45) is 1.66. The average molecular weight is 403 g/mol. The maximum atomic E-state index is 13.2. The van der Waals surface area contributed by atoms with Gasteiger partial charge in [-0.2, -0.15) is 0 Å². The lowest BCUT2D eigenvalue weighted by Crippen LogP contribution is -2.49. The van der Waals surface area contributed by atoms with Gasteiger partial charge in [0.05, 0.1) is 5.69 Å². The number of likely N-dealkylation sites (tertiary alicyclic amines) is 1. The zero-order valence-electron chi connectivity index (χ0n) is 17.3. The first-order valence-corrected chi connectivity index (χ1v) is 10.6. The summed E-state index contributed by atoms with van der Waals surface area (Å²) in [7, 11) is 0. The van der Waals surface area contributed by atoms with E-state index in [1.807, 2.05) is 53.6 Å². The Hall–Kier alpha value is -3.15. The Balaban J connectivity index is 1.48. The van der Waals surface area contributed by atoms with Crippen LogP contribution in [-0.4, -0.2) is 33.4 Å². The Morgan fingerprint density at radius 1 is 1.13 bits per heavy atom. The third kappa shape index (κ3) is 3.16. The van der Waals surface area contributed by atoms with E-state index < -0.39 is 0 Å². The highest BCUT2D eigenvalue weighted by molar-refractivity contribution is 5.92. The minimum absolute atomic E-state index is 0.0412. The topological polar surface area (TPSA) is 68.3 Å². The summed E-state index contributed by atoms with van der Waals surface area (Å²) in [4.78, 5) is 32.3. The molecule has 2 aliphatic rings. The standard InChI is InChI=1S/C24H25N3O3/c1-3-21-25-15(2)23(30-21)24(29)26-12-16-9-19(14-26)20-10-18(11-22(28)27(20)13-16)17-7-5-4-6-8-17/h4-8,10-11,16,19H,3,9,12-14H2,1-2H3/t16-,19+/m0/s1. The molecule has 1 aromatic carbocycles. The van der Waals surface area contributed by atoms with Gasteiger partial charge in [-0.25, -0.2) is 4.98 Å². The van der Waals surface area contributed by atoms with Gasteiger partial charge in [-0.1, -0.05) is 37.3 Å². The van der Waals surface area contributed by atoms with E-state index >= 15 is 0 Å². The third-order valence-corrected chi connectivity index (χ3v) is 6.29. The molecule has 0 unspecified atom stereocenters. The van der Waals surface area contributed by atoms with Crippen molar-refractivity contribution in [3.8, 4) is 11.1 Å². The highest BCUT2D eigenvalue weighted by Crippen LogP contribution is 2.37. The predicted octanol–water partition coefficient (Wildman–Crippen LogP) is 3.63. The Labute approximate surface area is 175 Å². The van der Waals surface area contributed by atoms with Crippen molar-refractivity contribution in [1.29, 1.82) is 0 Å². The Kier molecular flexibility index (Phi) is 4.57. The van der Waals surface area contributed by atoms with Crippen molar-refractivity contribution in [3.63, 3.8) is 0 Å². The number of benzene rings is 1. The molecule has 0 aliphatic carbocycles. The molecule has 6 heteroatoms. The number of rotatable bonds is 3. The highest BCUT2D eigenvalue weighted by Gasteiger charge is 2.38. The number of oxazole rings is 1. The van der Waals surface area contributed by atoms with E-state index in [4.69, 9.17) is 4.42 Å². The van der Waals surface area contributed by atoms with Gasteiger partial charge in [0.15, 0.2) is 5.89 Å². The average Bonchev–Trinajstić information content (AvgIpc) is 3.15. The molecule has 0 N–H and O–H groups in total. The van der Waals surface area contributed by atoms with Crippen LogP contribution in [0.5, 0.6) is 0 Å². The number of aromatic nitrogens is 2. The van der Waals surface area contributed by atoms with E-state index in [0.717, 1.165) is 23.2 Å². The van der Waals surface area contributed by atoms with Crippen LogP contribution >= 0.6 is 0 Å². The molecule has 0 saturated carbocycles. The lowest BCUT2D eigenvalue weighted by molar-refractivity contribution is 0.0561. The fraction of sp³-hybridized carbons (Fsp3) is 0.375. The number of piperidine rings is 1. The van der Waals surface area contributed by atoms with E-state index in [0.29, 0.717) is 43.4 Å². The molecule has 1 saturated heterocycles. The fourth-order valence-corrected chi connectivity index (χ4v) is 4.87. The van der Waals surface area contributed by atoms with Gasteiger partial charge in [0, 0.05) is 43.7 Å². The van der Waals surface area contributed by atoms with Crippen LogP contribution in [-0.2, 0) is 13.0 Å². The second kappa shape index (κ2) is 7.27. The molecule has 1 fully saturated rings. The van der Waals surface area contributed by atoms with E-state index in [1.54, 1.807) is 6.07 Å². The van der Waals surface area contributed by atoms with Gasteiger partial charge in [0.1, 0.15) is 0 Å². The Morgan fingerprint density at radius 2 is 1.93 bits per heavy atom. The van der Waals surface area contributed by atoms with E-state index in [1.165, 1.54) is 0 Å². The first-order valence-electron chi connectivity index (χ1n) is 10.6. The number of fused-ring (bicyclic) bond motifs is 4. The molecular weight excluding hydrogens is 378 g/mol. The van der Waals surface area contributed by atoms with Gasteiger partial charge in [0.2, 0.25) is 5.76 Å². The van der Waals surface area contributed by atoms with Crippen molar-refractivity contribution < 1.29 is 9.21 Å². The third-order valence-electron chi connectivity index (χ3n) is 6.29. The molecule has 4 heterocycles. The number of carbonyl (C=O) groups is 1. The lowest BCUT2D eigenvalue weighted by atomic mass is 9.82. The fourth-order valence-electron chi connectivity index (χ4n) is 4.87. The molecule has 0 spiro atoms. The first-order chi connectivity index (χ1) is 14.5. The van der Waals surface area contributed by atoms with E-state index in [2.05, 4.69) is 11.1 Å². The largest absolute Gasteiger partial charge is 0.435 e. The van der Waals surface area contributed by atoms with Crippen molar-refractivity contribution in [2.45, 2.75) is 39.2 Å². The van der Waals surface area contributed by atoms with Crippen LogP contribution in [0.1, 0.15) is 47.1 Å². The van der Waals surface area contributed by atoms with Gasteiger partial charge in [-0.3, -0.25) is 9.59 Å². The number of nitrogens with zero attached hydrogens (tertiary/aromatic N) is 3. The molecule has 30 heavy (non-hydrogen) atoms. The Bertz CT molecular complexity index is 1160. The zero-order valence-corrected chi connectivity index (χ0v) is 17.3. The smallest absolute Gasteiger partial charge is 0.291 e. The monoisotopic (exact) mass is 403 g/mol. The van der Waals surface area contributed by atoms with Crippen molar-refractivity contribution in [1.82, 2.24) is 14.5 Å². The molecule has 5 rings (SSSR count). The van der Waals surface area contributed by atoms with Gasteiger partial charge in [0.25, 0.3) is 11.5 Å². The maximum Gasteiger partial charge on any atom is 0.291 e. The zero-order chi connectivity index (χ0) is 20.8. The lowest BCUT2D eigenvalue weighted by Gasteiger charge is -2.42. The number of carbonyl (C=O) groups excluding carboxylic acids is 1. The summed E-state index contributed by atoms with van der Waals surface area (Å²) in [6, 6.07) is 13.8. The molecule has 2 bridgehead atoms. The van der Waals surface area contributed by atoms with Gasteiger partial charge in [-0.15, -0.1) is 0 Å². The SMILES string of the molecule is CCc1nc(C)c(C(=O)N2C[C@@H]3C[C@H](C2)c2cc(-c4ccccc4)cc(=O)n2C3)o1. The van der Waals surface area contributed by atoms with Crippen LogP contribution in [0.3, 0.4) is 0 Å². The molecule has 2 aliphatic heterocycles. The van der Waals surface area contributed by atoms with E-state index in [9.17, 15) is 9.59 Å². The number of hydrogen-bond donors (Lipinski definition) is 0. The van der Waals surface area contributed by atoms with Crippen LogP contribution in [0.25, 0.3) is 11.1 Å². The van der Waals surface area contributed by atoms with Gasteiger partial charge in [-0.05, 0) is 36.5 Å². The highest BCUT2D eigenvalue weighted by atomic mass is 16.4. The van der Waals surface area contributed by atoms with Crippen molar-refractivity contribution in [3.05, 3.63) is 75.9 Å². The quantitative estimate of drug-likeness (QED) is 0.670. The minimum atomic E-state index is -0.0931. The molecule has 1 amide bonds. The molecule has 6 nitrogen and oxygen atoms in total. The summed E-state index contributed by atoms with van der Waals surface area (Å²) >= 11 is 0. The summed E-state index contributed by atoms with van der Waals surface area (Å²) in [5.74, 6) is 1.27. The van der Waals surface area contributed by atoms with Crippen LogP contribution in [0.15, 0.2) is 51.7 Å². The van der Waals surface area contributed by atoms with E-state index in [-0.39, 0.29) is 23.3 Å². The first kappa shape index (κ1) is 18.9. The summed E-state index contributed by atoms with van der Waals surface area (Å²) < 4.78 is 7.61. The summed E-state index contributed by atoms with van der Waals surface area (Å²) in [5, 5.41) is 0. The second-order valence-electron chi connectivity index (χ2n) is 8.37.